The Bertz CT molecular complexity index is 415. The van der Waals surface area contributed by atoms with Crippen molar-refractivity contribution in [3.63, 3.8) is 0 Å². The van der Waals surface area contributed by atoms with E-state index in [0.717, 1.165) is 0 Å². The lowest BCUT2D eigenvalue weighted by atomic mass is 10.1. The molecule has 1 saturated heterocycles. The van der Waals surface area contributed by atoms with Crippen LogP contribution in [0.25, 0.3) is 0 Å². The highest BCUT2D eigenvalue weighted by molar-refractivity contribution is 5.93. The second-order valence-corrected chi connectivity index (χ2v) is 3.75. The first-order chi connectivity index (χ1) is 8.20. The molecule has 0 saturated carbocycles. The number of esters is 1. The van der Waals surface area contributed by atoms with Crippen molar-refractivity contribution in [2.24, 2.45) is 0 Å². The average Bonchev–Trinajstić information content (AvgIpc) is 2.25. The molecule has 1 aromatic carbocycles. The van der Waals surface area contributed by atoms with Gasteiger partial charge >= 0.3 is 5.97 Å². The van der Waals surface area contributed by atoms with Crippen LogP contribution in [-0.2, 0) is 9.47 Å². The van der Waals surface area contributed by atoms with Crippen molar-refractivity contribution in [1.82, 2.24) is 0 Å². The number of hydrogen-bond donors (Lipinski definition) is 1. The largest absolute Gasteiger partial charge is 0.485 e. The maximum atomic E-state index is 11.7. The summed E-state index contributed by atoms with van der Waals surface area (Å²) in [5.74, 6) is 0.0704. The van der Waals surface area contributed by atoms with E-state index in [1.807, 2.05) is 0 Å². The van der Waals surface area contributed by atoms with E-state index < -0.39 is 5.97 Å². The normalized spacial score (nSPS) is 15.1. The number of rotatable bonds is 4. The monoisotopic (exact) mass is 237 g/mol. The van der Waals surface area contributed by atoms with Crippen molar-refractivity contribution in [3.05, 3.63) is 23.8 Å². The second kappa shape index (κ2) is 5.05. The standard InChI is InChI=1S/C12H15NO4/c1-2-16-12(14)10-5-8(13)3-4-11(10)17-9-6-15-7-9/h3-5,9H,2,6-7,13H2,1H3. The molecule has 0 spiro atoms. The molecule has 0 unspecified atom stereocenters. The molecule has 92 valence electrons. The Labute approximate surface area is 99.5 Å². The SMILES string of the molecule is CCOC(=O)c1cc(N)ccc1OC1COC1. The van der Waals surface area contributed by atoms with Crippen LogP contribution in [0.15, 0.2) is 18.2 Å². The molecule has 2 rings (SSSR count). The van der Waals surface area contributed by atoms with Gasteiger partial charge in [-0.15, -0.1) is 0 Å². The third-order valence-corrected chi connectivity index (χ3v) is 2.40. The summed E-state index contributed by atoms with van der Waals surface area (Å²) in [5.41, 5.74) is 6.52. The summed E-state index contributed by atoms with van der Waals surface area (Å²) in [5, 5.41) is 0. The molecule has 0 atom stereocenters. The van der Waals surface area contributed by atoms with Crippen molar-refractivity contribution in [2.75, 3.05) is 25.6 Å². The lowest BCUT2D eigenvalue weighted by molar-refractivity contribution is -0.0799. The summed E-state index contributed by atoms with van der Waals surface area (Å²) in [6, 6.07) is 4.93. The smallest absolute Gasteiger partial charge is 0.341 e. The Morgan fingerprint density at radius 2 is 2.29 bits per heavy atom. The van der Waals surface area contributed by atoms with E-state index in [9.17, 15) is 4.79 Å². The maximum Gasteiger partial charge on any atom is 0.341 e. The van der Waals surface area contributed by atoms with Crippen LogP contribution in [0.3, 0.4) is 0 Å². The molecule has 1 fully saturated rings. The van der Waals surface area contributed by atoms with E-state index >= 15 is 0 Å². The van der Waals surface area contributed by atoms with Crippen LogP contribution in [0.4, 0.5) is 5.69 Å². The zero-order valence-corrected chi connectivity index (χ0v) is 9.64. The number of nitrogen functional groups attached to an aromatic ring is 1. The van der Waals surface area contributed by atoms with Gasteiger partial charge < -0.3 is 19.9 Å². The molecule has 1 aliphatic heterocycles. The first-order valence-electron chi connectivity index (χ1n) is 5.51. The van der Waals surface area contributed by atoms with Gasteiger partial charge in [0, 0.05) is 5.69 Å². The Morgan fingerprint density at radius 1 is 1.53 bits per heavy atom. The second-order valence-electron chi connectivity index (χ2n) is 3.75. The van der Waals surface area contributed by atoms with Crippen LogP contribution in [0, 0.1) is 0 Å². The summed E-state index contributed by atoms with van der Waals surface area (Å²) in [4.78, 5) is 11.7. The van der Waals surface area contributed by atoms with Crippen LogP contribution in [0.2, 0.25) is 0 Å². The van der Waals surface area contributed by atoms with E-state index in [1.165, 1.54) is 0 Å². The summed E-state index contributed by atoms with van der Waals surface area (Å²) < 4.78 is 15.6. The summed E-state index contributed by atoms with van der Waals surface area (Å²) >= 11 is 0. The predicted molar refractivity (Wildman–Crippen MR) is 62.0 cm³/mol. The number of ether oxygens (including phenoxy) is 3. The minimum Gasteiger partial charge on any atom is -0.485 e. The van der Waals surface area contributed by atoms with Crippen molar-refractivity contribution >= 4 is 11.7 Å². The summed E-state index contributed by atoms with van der Waals surface area (Å²) in [6.07, 6.45) is 0.00630. The number of carbonyl (C=O) groups is 1. The van der Waals surface area contributed by atoms with Gasteiger partial charge in [0.15, 0.2) is 0 Å². The van der Waals surface area contributed by atoms with E-state index in [1.54, 1.807) is 25.1 Å². The van der Waals surface area contributed by atoms with Gasteiger partial charge in [-0.2, -0.15) is 0 Å². The van der Waals surface area contributed by atoms with E-state index in [-0.39, 0.29) is 6.10 Å². The third-order valence-electron chi connectivity index (χ3n) is 2.40. The average molecular weight is 237 g/mol. The highest BCUT2D eigenvalue weighted by Crippen LogP contribution is 2.24. The number of hydrogen-bond acceptors (Lipinski definition) is 5. The first kappa shape index (κ1) is 11.7. The van der Waals surface area contributed by atoms with Crippen molar-refractivity contribution in [3.8, 4) is 5.75 Å². The molecule has 0 aliphatic carbocycles. The third kappa shape index (κ3) is 2.68. The molecule has 0 amide bonds. The number of carbonyl (C=O) groups excluding carboxylic acids is 1. The Hall–Kier alpha value is -1.75. The van der Waals surface area contributed by atoms with Crippen molar-refractivity contribution in [1.29, 1.82) is 0 Å². The maximum absolute atomic E-state index is 11.7. The first-order valence-corrected chi connectivity index (χ1v) is 5.51. The van der Waals surface area contributed by atoms with Crippen LogP contribution in [-0.4, -0.2) is 31.9 Å². The molecule has 0 bridgehead atoms. The van der Waals surface area contributed by atoms with E-state index in [0.29, 0.717) is 36.8 Å². The number of nitrogens with two attached hydrogens (primary N) is 1. The molecule has 5 nitrogen and oxygen atoms in total. The Balaban J connectivity index is 2.19. The fourth-order valence-corrected chi connectivity index (χ4v) is 1.48. The van der Waals surface area contributed by atoms with Crippen LogP contribution >= 0.6 is 0 Å². The molecule has 0 aromatic heterocycles. The molecule has 0 radical (unpaired) electrons. The molecular weight excluding hydrogens is 222 g/mol. The predicted octanol–water partition coefficient (Wildman–Crippen LogP) is 1.22. The van der Waals surface area contributed by atoms with Gasteiger partial charge in [0.25, 0.3) is 0 Å². The highest BCUT2D eigenvalue weighted by Gasteiger charge is 2.23. The van der Waals surface area contributed by atoms with Crippen LogP contribution in [0.5, 0.6) is 5.75 Å². The number of benzene rings is 1. The molecule has 2 N–H and O–H groups in total. The quantitative estimate of drug-likeness (QED) is 0.629. The minimum atomic E-state index is -0.421. The summed E-state index contributed by atoms with van der Waals surface area (Å²) in [6.45, 7) is 3.17. The fraction of sp³-hybridized carbons (Fsp3) is 0.417. The molecule has 17 heavy (non-hydrogen) atoms. The zero-order valence-electron chi connectivity index (χ0n) is 9.64. The van der Waals surface area contributed by atoms with Crippen molar-refractivity contribution in [2.45, 2.75) is 13.0 Å². The lowest BCUT2D eigenvalue weighted by Crippen LogP contribution is -2.38. The van der Waals surface area contributed by atoms with Gasteiger partial charge in [0.2, 0.25) is 0 Å². The van der Waals surface area contributed by atoms with Gasteiger partial charge in [-0.25, -0.2) is 4.79 Å². The topological polar surface area (TPSA) is 70.8 Å². The van der Waals surface area contributed by atoms with E-state index in [2.05, 4.69) is 0 Å². The van der Waals surface area contributed by atoms with Gasteiger partial charge in [0.05, 0.1) is 19.8 Å². The molecule has 1 aromatic rings. The van der Waals surface area contributed by atoms with Crippen LogP contribution < -0.4 is 10.5 Å². The Kier molecular flexibility index (Phi) is 3.49. The molecule has 1 aliphatic rings. The van der Waals surface area contributed by atoms with Crippen LogP contribution in [0.1, 0.15) is 17.3 Å². The van der Waals surface area contributed by atoms with Gasteiger partial charge in [0.1, 0.15) is 17.4 Å². The number of anilines is 1. The Morgan fingerprint density at radius 3 is 2.88 bits per heavy atom. The molecule has 1 heterocycles. The van der Waals surface area contributed by atoms with Gasteiger partial charge in [-0.1, -0.05) is 0 Å². The van der Waals surface area contributed by atoms with E-state index in [4.69, 9.17) is 19.9 Å². The van der Waals surface area contributed by atoms with Crippen molar-refractivity contribution < 1.29 is 19.0 Å². The minimum absolute atomic E-state index is 0.00630. The molecular formula is C12H15NO4. The van der Waals surface area contributed by atoms with Gasteiger partial charge in [-0.05, 0) is 25.1 Å². The molecule has 5 heteroatoms. The zero-order chi connectivity index (χ0) is 12.3. The fourth-order valence-electron chi connectivity index (χ4n) is 1.48. The summed E-state index contributed by atoms with van der Waals surface area (Å²) in [7, 11) is 0. The lowest BCUT2D eigenvalue weighted by Gasteiger charge is -2.27. The van der Waals surface area contributed by atoms with Gasteiger partial charge in [-0.3, -0.25) is 0 Å². The highest BCUT2D eigenvalue weighted by atomic mass is 16.6.